The van der Waals surface area contributed by atoms with Gasteiger partial charge in [0.2, 0.25) is 0 Å². The molecule has 2 heteroatoms. The normalized spacial score (nSPS) is 25.0. The smallest absolute Gasteiger partial charge is 0.0166 e. The Kier molecular flexibility index (Phi) is 3.68. The fourth-order valence-corrected chi connectivity index (χ4v) is 2.90. The summed E-state index contributed by atoms with van der Waals surface area (Å²) in [6.45, 7) is 4.80. The van der Waals surface area contributed by atoms with Crippen LogP contribution in [0.1, 0.15) is 58.3 Å². The molecule has 0 bridgehead atoms. The summed E-state index contributed by atoms with van der Waals surface area (Å²) in [5, 5.41) is 0. The highest BCUT2D eigenvalue weighted by Crippen LogP contribution is 2.32. The molecule has 2 nitrogen and oxygen atoms in total. The zero-order valence-corrected chi connectivity index (χ0v) is 10.2. The molecule has 0 aromatic carbocycles. The Morgan fingerprint density at radius 1 is 1.20 bits per heavy atom. The molecule has 0 spiro atoms. The molecule has 0 atom stereocenters. The number of rotatable bonds is 6. The molecule has 2 N–H and O–H groups in total. The molecule has 2 fully saturated rings. The van der Waals surface area contributed by atoms with Crippen LogP contribution in [-0.4, -0.2) is 29.6 Å². The van der Waals surface area contributed by atoms with Crippen LogP contribution in [0.4, 0.5) is 0 Å². The molecule has 0 aromatic heterocycles. The Hall–Kier alpha value is -0.0800. The summed E-state index contributed by atoms with van der Waals surface area (Å²) in [7, 11) is 0. The van der Waals surface area contributed by atoms with E-state index in [0.29, 0.717) is 0 Å². The second-order valence-corrected chi connectivity index (χ2v) is 5.59. The van der Waals surface area contributed by atoms with Gasteiger partial charge in [0, 0.05) is 18.1 Å². The first kappa shape index (κ1) is 11.4. The molecular weight excluding hydrogens is 184 g/mol. The predicted octanol–water partition coefficient (Wildman–Crippen LogP) is 2.52. The Balaban J connectivity index is 1.74. The Labute approximate surface area is 94.2 Å². The summed E-state index contributed by atoms with van der Waals surface area (Å²) in [4.78, 5) is 2.67. The third kappa shape index (κ3) is 3.18. The zero-order chi connectivity index (χ0) is 10.7. The van der Waals surface area contributed by atoms with Gasteiger partial charge in [-0.05, 0) is 45.1 Å². The average molecular weight is 210 g/mol. The van der Waals surface area contributed by atoms with Gasteiger partial charge in [0.15, 0.2) is 0 Å². The van der Waals surface area contributed by atoms with Gasteiger partial charge in [-0.15, -0.1) is 0 Å². The third-order valence-corrected chi connectivity index (χ3v) is 4.07. The summed E-state index contributed by atoms with van der Waals surface area (Å²) in [5.74, 6) is 0. The highest BCUT2D eigenvalue weighted by atomic mass is 15.2. The first-order chi connectivity index (χ1) is 7.23. The largest absolute Gasteiger partial charge is 0.325 e. The van der Waals surface area contributed by atoms with Crippen molar-refractivity contribution < 1.29 is 0 Å². The lowest BCUT2D eigenvalue weighted by atomic mass is 9.94. The summed E-state index contributed by atoms with van der Waals surface area (Å²) < 4.78 is 0. The molecule has 15 heavy (non-hydrogen) atoms. The van der Waals surface area contributed by atoms with Crippen molar-refractivity contribution >= 4 is 0 Å². The Bertz CT molecular complexity index is 193. The van der Waals surface area contributed by atoms with Gasteiger partial charge in [0.1, 0.15) is 0 Å². The molecular formula is C13H26N2. The van der Waals surface area contributed by atoms with E-state index >= 15 is 0 Å². The van der Waals surface area contributed by atoms with E-state index in [4.69, 9.17) is 5.73 Å². The van der Waals surface area contributed by atoms with Crippen molar-refractivity contribution in [1.82, 2.24) is 4.90 Å². The van der Waals surface area contributed by atoms with E-state index in [1.165, 1.54) is 64.5 Å². The fraction of sp³-hybridized carbons (Fsp3) is 1.00. The SMILES string of the molecule is CCCN(CCC1(N)CCCC1)C1CC1. The van der Waals surface area contributed by atoms with Gasteiger partial charge in [-0.2, -0.15) is 0 Å². The summed E-state index contributed by atoms with van der Waals surface area (Å²) in [5.41, 5.74) is 6.59. The van der Waals surface area contributed by atoms with E-state index in [-0.39, 0.29) is 5.54 Å². The maximum absolute atomic E-state index is 6.40. The maximum Gasteiger partial charge on any atom is 0.0166 e. The lowest BCUT2D eigenvalue weighted by molar-refractivity contribution is 0.230. The number of nitrogens with two attached hydrogens (primary N) is 1. The molecule has 0 aromatic rings. The van der Waals surface area contributed by atoms with Crippen LogP contribution in [0.3, 0.4) is 0 Å². The van der Waals surface area contributed by atoms with Crippen molar-refractivity contribution in [3.63, 3.8) is 0 Å². The van der Waals surface area contributed by atoms with Crippen molar-refractivity contribution in [3.05, 3.63) is 0 Å². The van der Waals surface area contributed by atoms with E-state index in [2.05, 4.69) is 11.8 Å². The van der Waals surface area contributed by atoms with Crippen molar-refractivity contribution in [3.8, 4) is 0 Å². The lowest BCUT2D eigenvalue weighted by Crippen LogP contribution is -2.41. The van der Waals surface area contributed by atoms with Crippen LogP contribution >= 0.6 is 0 Å². The molecule has 0 saturated heterocycles. The molecule has 2 saturated carbocycles. The molecule has 88 valence electrons. The maximum atomic E-state index is 6.40. The second kappa shape index (κ2) is 4.84. The lowest BCUT2D eigenvalue weighted by Gasteiger charge is -2.28. The first-order valence-corrected chi connectivity index (χ1v) is 6.76. The third-order valence-electron chi connectivity index (χ3n) is 4.07. The van der Waals surface area contributed by atoms with Crippen LogP contribution < -0.4 is 5.73 Å². The molecule has 0 radical (unpaired) electrons. The van der Waals surface area contributed by atoms with Gasteiger partial charge in [0.25, 0.3) is 0 Å². The molecule has 0 unspecified atom stereocenters. The topological polar surface area (TPSA) is 29.3 Å². The minimum Gasteiger partial charge on any atom is -0.325 e. The van der Waals surface area contributed by atoms with Crippen molar-refractivity contribution in [1.29, 1.82) is 0 Å². The van der Waals surface area contributed by atoms with Gasteiger partial charge < -0.3 is 10.6 Å². The van der Waals surface area contributed by atoms with E-state index in [9.17, 15) is 0 Å². The molecule has 2 rings (SSSR count). The monoisotopic (exact) mass is 210 g/mol. The van der Waals surface area contributed by atoms with E-state index in [0.717, 1.165) is 6.04 Å². The van der Waals surface area contributed by atoms with Crippen molar-refractivity contribution in [2.24, 2.45) is 5.73 Å². The second-order valence-electron chi connectivity index (χ2n) is 5.59. The molecule has 2 aliphatic carbocycles. The summed E-state index contributed by atoms with van der Waals surface area (Å²) in [6.07, 6.45) is 10.6. The van der Waals surface area contributed by atoms with Crippen LogP contribution in [0.15, 0.2) is 0 Å². The molecule has 2 aliphatic rings. The van der Waals surface area contributed by atoms with Crippen molar-refractivity contribution in [2.75, 3.05) is 13.1 Å². The molecule has 0 heterocycles. The van der Waals surface area contributed by atoms with Gasteiger partial charge in [-0.1, -0.05) is 19.8 Å². The van der Waals surface area contributed by atoms with Gasteiger partial charge in [-0.3, -0.25) is 0 Å². The van der Waals surface area contributed by atoms with E-state index < -0.39 is 0 Å². The minimum atomic E-state index is 0.195. The summed E-state index contributed by atoms with van der Waals surface area (Å²) >= 11 is 0. The Morgan fingerprint density at radius 3 is 2.40 bits per heavy atom. The van der Waals surface area contributed by atoms with E-state index in [1.807, 2.05) is 0 Å². The minimum absolute atomic E-state index is 0.195. The first-order valence-electron chi connectivity index (χ1n) is 6.76. The highest BCUT2D eigenvalue weighted by molar-refractivity contribution is 4.92. The highest BCUT2D eigenvalue weighted by Gasteiger charge is 2.33. The fourth-order valence-electron chi connectivity index (χ4n) is 2.90. The molecule has 0 amide bonds. The van der Waals surface area contributed by atoms with Crippen LogP contribution in [0.2, 0.25) is 0 Å². The molecule has 0 aliphatic heterocycles. The summed E-state index contributed by atoms with van der Waals surface area (Å²) in [6, 6.07) is 0.912. The number of hydrogen-bond donors (Lipinski definition) is 1. The van der Waals surface area contributed by atoms with Crippen LogP contribution in [-0.2, 0) is 0 Å². The van der Waals surface area contributed by atoms with Gasteiger partial charge in [0.05, 0.1) is 0 Å². The number of hydrogen-bond acceptors (Lipinski definition) is 2. The zero-order valence-electron chi connectivity index (χ0n) is 10.2. The van der Waals surface area contributed by atoms with Gasteiger partial charge >= 0.3 is 0 Å². The average Bonchev–Trinajstić information content (AvgIpc) is 2.97. The quantitative estimate of drug-likeness (QED) is 0.730. The van der Waals surface area contributed by atoms with Crippen LogP contribution in [0.25, 0.3) is 0 Å². The van der Waals surface area contributed by atoms with E-state index in [1.54, 1.807) is 0 Å². The van der Waals surface area contributed by atoms with Crippen LogP contribution in [0, 0.1) is 0 Å². The predicted molar refractivity (Wildman–Crippen MR) is 64.9 cm³/mol. The van der Waals surface area contributed by atoms with Gasteiger partial charge in [-0.25, -0.2) is 0 Å². The Morgan fingerprint density at radius 2 is 1.87 bits per heavy atom. The van der Waals surface area contributed by atoms with Crippen molar-refractivity contribution in [2.45, 2.75) is 69.9 Å². The van der Waals surface area contributed by atoms with Crippen LogP contribution in [0.5, 0.6) is 0 Å². The standard InChI is InChI=1S/C13H26N2/c1-2-10-15(12-5-6-12)11-9-13(14)7-3-4-8-13/h12H,2-11,14H2,1H3. The number of nitrogens with zero attached hydrogens (tertiary/aromatic N) is 1.